The first-order valence-corrected chi connectivity index (χ1v) is 9.52. The Balaban J connectivity index is 1.56. The fraction of sp³-hybridized carbons (Fsp3) is 0.364. The summed E-state index contributed by atoms with van der Waals surface area (Å²) in [5.41, 5.74) is 5.30. The van der Waals surface area contributed by atoms with Crippen molar-refractivity contribution in [3.8, 4) is 0 Å². The molecular formula is C22H26FN3O2. The number of benzene rings is 2. The van der Waals surface area contributed by atoms with E-state index < -0.39 is 0 Å². The number of nitrogens with one attached hydrogen (secondary N) is 2. The van der Waals surface area contributed by atoms with Crippen LogP contribution in [0.3, 0.4) is 0 Å². The molecule has 2 aromatic carbocycles. The van der Waals surface area contributed by atoms with Crippen molar-refractivity contribution >= 4 is 23.2 Å². The van der Waals surface area contributed by atoms with Crippen molar-refractivity contribution in [2.75, 3.05) is 29.9 Å². The molecule has 0 bridgehead atoms. The Morgan fingerprint density at radius 1 is 1.11 bits per heavy atom. The van der Waals surface area contributed by atoms with Gasteiger partial charge in [0, 0.05) is 12.2 Å². The number of carbonyl (C=O) groups is 2. The van der Waals surface area contributed by atoms with E-state index >= 15 is 0 Å². The largest absolute Gasteiger partial charge is 0.360 e. The smallest absolute Gasteiger partial charge is 0.243 e. The summed E-state index contributed by atoms with van der Waals surface area (Å²) in [6.45, 7) is 6.42. The van der Waals surface area contributed by atoms with Crippen molar-refractivity contribution < 1.29 is 14.0 Å². The number of amides is 2. The SMILES string of the molecule is Cc1cc(C)c(NC(=O)CNC(=O)CN2CCCc3cccc(F)c32)c(C)c1. The van der Waals surface area contributed by atoms with Crippen LogP contribution in [-0.4, -0.2) is 31.4 Å². The standard InChI is InChI=1S/C22H26FN3O2/c1-14-10-15(2)21(16(3)11-14)25-19(27)12-24-20(28)13-26-9-5-7-17-6-4-8-18(23)22(17)26/h4,6,8,10-11H,5,7,9,12-13H2,1-3H3,(H,24,28)(H,25,27). The molecule has 0 saturated carbocycles. The van der Waals surface area contributed by atoms with Gasteiger partial charge in [0.2, 0.25) is 11.8 Å². The number of hydrogen-bond donors (Lipinski definition) is 2. The van der Waals surface area contributed by atoms with Crippen LogP contribution in [0.2, 0.25) is 0 Å². The summed E-state index contributed by atoms with van der Waals surface area (Å²) in [6, 6.07) is 9.00. The number of carbonyl (C=O) groups excluding carboxylic acids is 2. The quantitative estimate of drug-likeness (QED) is 0.833. The molecule has 28 heavy (non-hydrogen) atoms. The maximum absolute atomic E-state index is 14.2. The maximum Gasteiger partial charge on any atom is 0.243 e. The molecule has 2 amide bonds. The van der Waals surface area contributed by atoms with Gasteiger partial charge in [-0.2, -0.15) is 0 Å². The van der Waals surface area contributed by atoms with Crippen LogP contribution in [0.1, 0.15) is 28.7 Å². The molecule has 5 nitrogen and oxygen atoms in total. The molecule has 0 spiro atoms. The van der Waals surface area contributed by atoms with Crippen molar-refractivity contribution in [1.82, 2.24) is 5.32 Å². The third-order valence-electron chi connectivity index (χ3n) is 4.98. The Morgan fingerprint density at radius 3 is 2.54 bits per heavy atom. The summed E-state index contributed by atoms with van der Waals surface area (Å²) in [4.78, 5) is 26.3. The highest BCUT2D eigenvalue weighted by Gasteiger charge is 2.22. The fourth-order valence-electron chi connectivity index (χ4n) is 3.82. The highest BCUT2D eigenvalue weighted by molar-refractivity contribution is 5.96. The van der Waals surface area contributed by atoms with Crippen LogP contribution in [0.15, 0.2) is 30.3 Å². The van der Waals surface area contributed by atoms with Crippen LogP contribution in [0.25, 0.3) is 0 Å². The molecule has 0 aliphatic carbocycles. The van der Waals surface area contributed by atoms with E-state index in [9.17, 15) is 14.0 Å². The number of rotatable bonds is 5. The van der Waals surface area contributed by atoms with Gasteiger partial charge in [0.15, 0.2) is 0 Å². The van der Waals surface area contributed by atoms with E-state index in [4.69, 9.17) is 0 Å². The van der Waals surface area contributed by atoms with Crippen LogP contribution in [0.4, 0.5) is 15.8 Å². The minimum Gasteiger partial charge on any atom is -0.360 e. The zero-order valence-electron chi connectivity index (χ0n) is 16.6. The summed E-state index contributed by atoms with van der Waals surface area (Å²) in [5, 5.41) is 5.50. The molecule has 0 radical (unpaired) electrons. The Bertz CT molecular complexity index is 888. The van der Waals surface area contributed by atoms with Gasteiger partial charge in [0.1, 0.15) is 5.82 Å². The second-order valence-corrected chi connectivity index (χ2v) is 7.37. The number of para-hydroxylation sites is 1. The van der Waals surface area contributed by atoms with E-state index in [2.05, 4.69) is 10.6 Å². The lowest BCUT2D eigenvalue weighted by molar-refractivity contribution is -0.123. The fourth-order valence-corrected chi connectivity index (χ4v) is 3.82. The first-order valence-electron chi connectivity index (χ1n) is 9.52. The van der Waals surface area contributed by atoms with Crippen LogP contribution in [0, 0.1) is 26.6 Å². The number of fused-ring (bicyclic) bond motifs is 1. The van der Waals surface area contributed by atoms with Crippen LogP contribution < -0.4 is 15.5 Å². The molecule has 1 heterocycles. The summed E-state index contributed by atoms with van der Waals surface area (Å²) in [6.07, 6.45) is 1.68. The number of hydrogen-bond acceptors (Lipinski definition) is 3. The number of halogens is 1. The highest BCUT2D eigenvalue weighted by Crippen LogP contribution is 2.29. The monoisotopic (exact) mass is 383 g/mol. The molecule has 1 aliphatic rings. The van der Waals surface area contributed by atoms with Gasteiger partial charge in [-0.05, 0) is 56.4 Å². The third kappa shape index (κ3) is 4.50. The second-order valence-electron chi connectivity index (χ2n) is 7.37. The normalized spacial score (nSPS) is 13.1. The van der Waals surface area contributed by atoms with Crippen molar-refractivity contribution in [1.29, 1.82) is 0 Å². The Labute approximate surface area is 164 Å². The molecule has 0 aromatic heterocycles. The second kappa shape index (κ2) is 8.42. The van der Waals surface area contributed by atoms with Crippen molar-refractivity contribution in [3.63, 3.8) is 0 Å². The number of aryl methyl sites for hydroxylation is 4. The zero-order valence-corrected chi connectivity index (χ0v) is 16.6. The van der Waals surface area contributed by atoms with Crippen molar-refractivity contribution in [2.24, 2.45) is 0 Å². The molecule has 2 aromatic rings. The van der Waals surface area contributed by atoms with Crippen LogP contribution in [-0.2, 0) is 16.0 Å². The van der Waals surface area contributed by atoms with Gasteiger partial charge in [0.05, 0.1) is 18.8 Å². The van der Waals surface area contributed by atoms with E-state index in [1.165, 1.54) is 6.07 Å². The molecule has 1 aliphatic heterocycles. The van der Waals surface area contributed by atoms with E-state index in [0.717, 1.165) is 40.8 Å². The highest BCUT2D eigenvalue weighted by atomic mass is 19.1. The predicted molar refractivity (Wildman–Crippen MR) is 109 cm³/mol. The first-order chi connectivity index (χ1) is 13.3. The summed E-state index contributed by atoms with van der Waals surface area (Å²) in [7, 11) is 0. The average molecular weight is 383 g/mol. The molecular weight excluding hydrogens is 357 g/mol. The summed E-state index contributed by atoms with van der Waals surface area (Å²) < 4.78 is 14.2. The van der Waals surface area contributed by atoms with Crippen LogP contribution >= 0.6 is 0 Å². The van der Waals surface area contributed by atoms with Gasteiger partial charge in [-0.25, -0.2) is 4.39 Å². The van der Waals surface area contributed by atoms with Crippen molar-refractivity contribution in [3.05, 3.63) is 58.4 Å². The molecule has 0 atom stereocenters. The molecule has 0 fully saturated rings. The zero-order chi connectivity index (χ0) is 20.3. The minimum atomic E-state index is -0.312. The lowest BCUT2D eigenvalue weighted by Crippen LogP contribution is -2.42. The third-order valence-corrected chi connectivity index (χ3v) is 4.98. The molecule has 6 heteroatoms. The summed E-state index contributed by atoms with van der Waals surface area (Å²) in [5.74, 6) is -0.898. The number of nitrogens with zero attached hydrogens (tertiary/aromatic N) is 1. The minimum absolute atomic E-state index is 0.0315. The van der Waals surface area contributed by atoms with Crippen LogP contribution in [0.5, 0.6) is 0 Å². The first kappa shape index (κ1) is 19.9. The molecule has 2 N–H and O–H groups in total. The summed E-state index contributed by atoms with van der Waals surface area (Å²) >= 11 is 0. The van der Waals surface area contributed by atoms with Gasteiger partial charge in [-0.3, -0.25) is 9.59 Å². The van der Waals surface area contributed by atoms with E-state index in [1.807, 2.05) is 39.0 Å². The topological polar surface area (TPSA) is 61.4 Å². The average Bonchev–Trinajstić information content (AvgIpc) is 2.63. The van der Waals surface area contributed by atoms with E-state index in [1.54, 1.807) is 11.0 Å². The van der Waals surface area contributed by atoms with E-state index in [-0.39, 0.29) is 30.7 Å². The van der Waals surface area contributed by atoms with Gasteiger partial charge in [-0.1, -0.05) is 29.8 Å². The predicted octanol–water partition coefficient (Wildman–Crippen LogP) is 3.26. The van der Waals surface area contributed by atoms with Crippen molar-refractivity contribution in [2.45, 2.75) is 33.6 Å². The molecule has 0 saturated heterocycles. The Hall–Kier alpha value is -2.89. The molecule has 3 rings (SSSR count). The maximum atomic E-state index is 14.2. The molecule has 0 unspecified atom stereocenters. The van der Waals surface area contributed by atoms with Gasteiger partial charge in [-0.15, -0.1) is 0 Å². The van der Waals surface area contributed by atoms with Gasteiger partial charge < -0.3 is 15.5 Å². The Morgan fingerprint density at radius 2 is 1.82 bits per heavy atom. The Kier molecular flexibility index (Phi) is 5.97. The van der Waals surface area contributed by atoms with Gasteiger partial charge >= 0.3 is 0 Å². The van der Waals surface area contributed by atoms with E-state index in [0.29, 0.717) is 12.2 Å². The molecule has 148 valence electrons. The van der Waals surface area contributed by atoms with Gasteiger partial charge in [0.25, 0.3) is 0 Å². The lowest BCUT2D eigenvalue weighted by Gasteiger charge is -2.31. The number of anilines is 2. The lowest BCUT2D eigenvalue weighted by atomic mass is 10.0.